The Morgan fingerprint density at radius 2 is 2.18 bits per heavy atom. The van der Waals surface area contributed by atoms with E-state index in [1.165, 1.54) is 0 Å². The van der Waals surface area contributed by atoms with Crippen molar-refractivity contribution in [1.82, 2.24) is 5.16 Å². The Labute approximate surface area is 72.7 Å². The van der Waals surface area contributed by atoms with E-state index in [1.54, 1.807) is 11.5 Å². The summed E-state index contributed by atoms with van der Waals surface area (Å²) in [6, 6.07) is 1.84. The van der Waals surface area contributed by atoms with Gasteiger partial charge in [0.2, 0.25) is 0 Å². The average Bonchev–Trinajstić information content (AvgIpc) is 2.41. The highest BCUT2D eigenvalue weighted by atomic mass is 32.1. The molecule has 1 aromatic heterocycles. The van der Waals surface area contributed by atoms with Crippen molar-refractivity contribution in [2.24, 2.45) is 0 Å². The number of aryl methyl sites for hydroxylation is 1. The van der Waals surface area contributed by atoms with Crippen LogP contribution in [0.5, 0.6) is 0 Å². The quantitative estimate of drug-likeness (QED) is 0.657. The van der Waals surface area contributed by atoms with E-state index in [9.17, 15) is 0 Å². The van der Waals surface area contributed by atoms with Crippen molar-refractivity contribution in [3.8, 4) is 0 Å². The van der Waals surface area contributed by atoms with Gasteiger partial charge in [-0.2, -0.15) is 12.6 Å². The fraction of sp³-hybridized carbons (Fsp3) is 0.375. The maximum atomic E-state index is 4.78. The van der Waals surface area contributed by atoms with E-state index < -0.39 is 0 Å². The lowest BCUT2D eigenvalue weighted by Crippen LogP contribution is -1.62. The van der Waals surface area contributed by atoms with Crippen molar-refractivity contribution in [2.45, 2.75) is 20.8 Å². The standard InChI is InChI=1S/C6H7NOS.C2H6/c1-5-4-6(2-3-9)7-8-5;1-2/h2-4,9H,1H3;1-2H3/b3-2+;. The molecule has 1 rings (SSSR count). The second-order valence-corrected chi connectivity index (χ2v) is 1.98. The molecule has 2 nitrogen and oxygen atoms in total. The van der Waals surface area contributed by atoms with Gasteiger partial charge in [-0.25, -0.2) is 0 Å². The van der Waals surface area contributed by atoms with E-state index in [0.717, 1.165) is 11.5 Å². The fourth-order valence-corrected chi connectivity index (χ4v) is 0.693. The molecular formula is C8H13NOS. The summed E-state index contributed by atoms with van der Waals surface area (Å²) in [4.78, 5) is 0. The first-order valence-electron chi connectivity index (χ1n) is 3.57. The van der Waals surface area contributed by atoms with Gasteiger partial charge in [-0.05, 0) is 18.4 Å². The number of nitrogens with zero attached hydrogens (tertiary/aromatic N) is 1. The summed E-state index contributed by atoms with van der Waals surface area (Å²) < 4.78 is 4.78. The molecule has 0 atom stereocenters. The van der Waals surface area contributed by atoms with Gasteiger partial charge in [-0.1, -0.05) is 19.0 Å². The van der Waals surface area contributed by atoms with Crippen LogP contribution in [0.4, 0.5) is 0 Å². The summed E-state index contributed by atoms with van der Waals surface area (Å²) in [5.74, 6) is 0.816. The number of thiol groups is 1. The van der Waals surface area contributed by atoms with Crippen LogP contribution in [-0.2, 0) is 0 Å². The lowest BCUT2D eigenvalue weighted by molar-refractivity contribution is 0.396. The molecule has 0 fully saturated rings. The number of hydrogen-bond acceptors (Lipinski definition) is 3. The Balaban J connectivity index is 0.000000461. The predicted octanol–water partition coefficient (Wildman–Crippen LogP) is 2.91. The van der Waals surface area contributed by atoms with E-state index >= 15 is 0 Å². The highest BCUT2D eigenvalue weighted by Gasteiger charge is 1.91. The van der Waals surface area contributed by atoms with Crippen molar-refractivity contribution in [1.29, 1.82) is 0 Å². The number of hydrogen-bond donors (Lipinski definition) is 1. The fourth-order valence-electron chi connectivity index (χ4n) is 0.541. The zero-order chi connectivity index (χ0) is 8.69. The van der Waals surface area contributed by atoms with Crippen LogP contribution in [0.15, 0.2) is 16.0 Å². The molecule has 11 heavy (non-hydrogen) atoms. The smallest absolute Gasteiger partial charge is 0.134 e. The monoisotopic (exact) mass is 171 g/mol. The average molecular weight is 171 g/mol. The molecule has 0 spiro atoms. The third kappa shape index (κ3) is 3.88. The van der Waals surface area contributed by atoms with Crippen LogP contribution in [0, 0.1) is 6.92 Å². The van der Waals surface area contributed by atoms with E-state index in [4.69, 9.17) is 4.52 Å². The minimum absolute atomic E-state index is 0.808. The van der Waals surface area contributed by atoms with Crippen LogP contribution >= 0.6 is 12.6 Å². The number of rotatable bonds is 1. The Kier molecular flexibility index (Phi) is 5.65. The maximum absolute atomic E-state index is 4.78. The van der Waals surface area contributed by atoms with Crippen molar-refractivity contribution >= 4 is 18.7 Å². The predicted molar refractivity (Wildman–Crippen MR) is 50.6 cm³/mol. The van der Waals surface area contributed by atoms with Crippen LogP contribution in [0.1, 0.15) is 25.3 Å². The van der Waals surface area contributed by atoms with E-state index in [0.29, 0.717) is 0 Å². The lowest BCUT2D eigenvalue weighted by Gasteiger charge is -1.71. The Hall–Kier alpha value is -0.700. The molecular weight excluding hydrogens is 158 g/mol. The first-order chi connectivity index (χ1) is 5.33. The lowest BCUT2D eigenvalue weighted by atomic mass is 10.4. The molecule has 1 aromatic rings. The number of aromatic nitrogens is 1. The second-order valence-electron chi connectivity index (χ2n) is 1.68. The molecule has 0 aliphatic carbocycles. The van der Waals surface area contributed by atoms with Crippen LogP contribution in [-0.4, -0.2) is 5.16 Å². The highest BCUT2D eigenvalue weighted by molar-refractivity contribution is 7.83. The van der Waals surface area contributed by atoms with Crippen molar-refractivity contribution in [2.75, 3.05) is 0 Å². The van der Waals surface area contributed by atoms with Crippen molar-refractivity contribution in [3.05, 3.63) is 22.9 Å². The molecule has 0 amide bonds. The Bertz CT molecular complexity index is 218. The van der Waals surface area contributed by atoms with E-state index in [-0.39, 0.29) is 0 Å². The summed E-state index contributed by atoms with van der Waals surface area (Å²) in [6.07, 6.45) is 1.76. The zero-order valence-corrected chi connectivity index (χ0v) is 7.93. The summed E-state index contributed by atoms with van der Waals surface area (Å²) in [5.41, 5.74) is 0.808. The Morgan fingerprint density at radius 3 is 2.55 bits per heavy atom. The van der Waals surface area contributed by atoms with E-state index in [2.05, 4.69) is 17.8 Å². The topological polar surface area (TPSA) is 26.0 Å². The van der Waals surface area contributed by atoms with Gasteiger partial charge in [0, 0.05) is 6.07 Å². The van der Waals surface area contributed by atoms with Gasteiger partial charge in [-0.15, -0.1) is 0 Å². The summed E-state index contributed by atoms with van der Waals surface area (Å²) in [6.45, 7) is 5.85. The molecule has 0 N–H and O–H groups in total. The van der Waals surface area contributed by atoms with Crippen LogP contribution in [0.2, 0.25) is 0 Å². The minimum atomic E-state index is 0.808. The molecule has 0 saturated heterocycles. The SMILES string of the molecule is CC.Cc1cc(/C=C/S)no1. The molecule has 0 saturated carbocycles. The molecule has 0 radical (unpaired) electrons. The molecule has 0 unspecified atom stereocenters. The normalized spacial score (nSPS) is 9.45. The summed E-state index contributed by atoms with van der Waals surface area (Å²) in [7, 11) is 0. The molecule has 0 aromatic carbocycles. The first kappa shape index (κ1) is 10.3. The molecule has 0 bridgehead atoms. The zero-order valence-electron chi connectivity index (χ0n) is 7.03. The van der Waals surface area contributed by atoms with Gasteiger partial charge in [0.05, 0.1) is 0 Å². The second kappa shape index (κ2) is 6.04. The first-order valence-corrected chi connectivity index (χ1v) is 4.08. The molecule has 0 aliphatic heterocycles. The van der Waals surface area contributed by atoms with E-state index in [1.807, 2.05) is 26.8 Å². The minimum Gasteiger partial charge on any atom is -0.361 e. The molecule has 3 heteroatoms. The third-order valence-electron chi connectivity index (χ3n) is 0.891. The summed E-state index contributed by atoms with van der Waals surface area (Å²) in [5, 5.41) is 5.32. The van der Waals surface area contributed by atoms with Crippen LogP contribution < -0.4 is 0 Å². The van der Waals surface area contributed by atoms with Gasteiger partial charge in [0.25, 0.3) is 0 Å². The van der Waals surface area contributed by atoms with Crippen molar-refractivity contribution < 1.29 is 4.52 Å². The van der Waals surface area contributed by atoms with Gasteiger partial charge in [-0.3, -0.25) is 0 Å². The van der Waals surface area contributed by atoms with Gasteiger partial charge in [0.1, 0.15) is 11.5 Å². The highest BCUT2D eigenvalue weighted by Crippen LogP contribution is 2.03. The summed E-state index contributed by atoms with van der Waals surface area (Å²) >= 11 is 3.88. The maximum Gasteiger partial charge on any atom is 0.134 e. The Morgan fingerprint density at radius 1 is 1.55 bits per heavy atom. The van der Waals surface area contributed by atoms with Gasteiger partial charge < -0.3 is 4.52 Å². The third-order valence-corrected chi connectivity index (χ3v) is 1.04. The molecule has 1 heterocycles. The molecule has 62 valence electrons. The largest absolute Gasteiger partial charge is 0.361 e. The van der Waals surface area contributed by atoms with Crippen molar-refractivity contribution in [3.63, 3.8) is 0 Å². The van der Waals surface area contributed by atoms with Crippen LogP contribution in [0.25, 0.3) is 6.08 Å². The van der Waals surface area contributed by atoms with Gasteiger partial charge >= 0.3 is 0 Å². The molecule has 0 aliphatic rings. The van der Waals surface area contributed by atoms with Gasteiger partial charge in [0.15, 0.2) is 0 Å². The van der Waals surface area contributed by atoms with Crippen LogP contribution in [0.3, 0.4) is 0 Å².